The summed E-state index contributed by atoms with van der Waals surface area (Å²) in [5.74, 6) is -0.787. The number of nitrogens with zero attached hydrogens (tertiary/aromatic N) is 2. The summed E-state index contributed by atoms with van der Waals surface area (Å²) in [5.41, 5.74) is 0.909. The molecular formula is C20H21N3O5S. The molecule has 0 aliphatic carbocycles. The Morgan fingerprint density at radius 3 is 2.28 bits per heavy atom. The van der Waals surface area contributed by atoms with Crippen LogP contribution in [0.25, 0.3) is 11.0 Å². The van der Waals surface area contributed by atoms with Crippen LogP contribution in [0.3, 0.4) is 0 Å². The number of aryl methyl sites for hydroxylation is 3. The molecule has 0 spiro atoms. The summed E-state index contributed by atoms with van der Waals surface area (Å²) < 4.78 is 27.7. The molecule has 8 nitrogen and oxygen atoms in total. The predicted molar refractivity (Wildman–Crippen MR) is 111 cm³/mol. The molecule has 9 heteroatoms. The first-order chi connectivity index (χ1) is 13.6. The molecule has 0 saturated carbocycles. The molecule has 3 aromatic rings. The molecule has 3 rings (SSSR count). The van der Waals surface area contributed by atoms with Crippen molar-refractivity contribution in [2.75, 3.05) is 11.1 Å². The molecule has 1 aromatic heterocycles. The van der Waals surface area contributed by atoms with Gasteiger partial charge in [-0.05, 0) is 42.8 Å². The van der Waals surface area contributed by atoms with Gasteiger partial charge in [0.2, 0.25) is 5.91 Å². The Labute approximate surface area is 167 Å². The number of sulfone groups is 1. The average molecular weight is 415 g/mol. The Morgan fingerprint density at radius 2 is 1.62 bits per heavy atom. The standard InChI is InChI=1S/C20H21N3O5S/c1-13-5-4-6-14(11-13)21-18(24)9-10-29(27,28)15-7-8-16-17(12-15)23(3)20(26)19(25)22(16)2/h4-8,11-12H,9-10H2,1-3H3,(H,21,24). The van der Waals surface area contributed by atoms with Gasteiger partial charge in [0, 0.05) is 26.2 Å². The molecule has 1 heterocycles. The van der Waals surface area contributed by atoms with Crippen LogP contribution in [0.4, 0.5) is 5.69 Å². The van der Waals surface area contributed by atoms with Crippen molar-refractivity contribution in [2.45, 2.75) is 18.2 Å². The lowest BCUT2D eigenvalue weighted by atomic mass is 10.2. The van der Waals surface area contributed by atoms with Gasteiger partial charge in [-0.1, -0.05) is 12.1 Å². The van der Waals surface area contributed by atoms with Crippen LogP contribution in [-0.4, -0.2) is 29.2 Å². The van der Waals surface area contributed by atoms with Crippen LogP contribution in [0.1, 0.15) is 12.0 Å². The average Bonchev–Trinajstić information content (AvgIpc) is 2.69. The fourth-order valence-corrected chi connectivity index (χ4v) is 4.30. The van der Waals surface area contributed by atoms with E-state index < -0.39 is 26.9 Å². The summed E-state index contributed by atoms with van der Waals surface area (Å²) in [6, 6.07) is 11.4. The number of anilines is 1. The molecule has 2 aromatic carbocycles. The van der Waals surface area contributed by atoms with Crippen molar-refractivity contribution < 1.29 is 13.2 Å². The van der Waals surface area contributed by atoms with Gasteiger partial charge < -0.3 is 14.5 Å². The Bertz CT molecular complexity index is 1340. The summed E-state index contributed by atoms with van der Waals surface area (Å²) in [4.78, 5) is 36.0. The van der Waals surface area contributed by atoms with E-state index in [1.807, 2.05) is 13.0 Å². The summed E-state index contributed by atoms with van der Waals surface area (Å²) in [7, 11) is -0.895. The Kier molecular flexibility index (Phi) is 5.43. The van der Waals surface area contributed by atoms with Gasteiger partial charge in [0.15, 0.2) is 9.84 Å². The number of amides is 1. The van der Waals surface area contributed by atoms with Crippen molar-refractivity contribution in [1.82, 2.24) is 9.13 Å². The highest BCUT2D eigenvalue weighted by Gasteiger charge is 2.19. The zero-order chi connectivity index (χ0) is 21.3. The lowest BCUT2D eigenvalue weighted by Gasteiger charge is -2.11. The van der Waals surface area contributed by atoms with Crippen molar-refractivity contribution in [1.29, 1.82) is 0 Å². The fraction of sp³-hybridized carbons (Fsp3) is 0.250. The molecule has 0 fully saturated rings. The normalized spacial score (nSPS) is 11.6. The molecule has 0 bridgehead atoms. The maximum Gasteiger partial charge on any atom is 0.316 e. The molecule has 152 valence electrons. The lowest BCUT2D eigenvalue weighted by Crippen LogP contribution is -2.39. The SMILES string of the molecule is Cc1cccc(NC(=O)CCS(=O)(=O)c2ccc3c(c2)n(C)c(=O)c(=O)n3C)c1. The molecule has 0 saturated heterocycles. The number of benzene rings is 2. The van der Waals surface area contributed by atoms with Crippen LogP contribution in [0.5, 0.6) is 0 Å². The lowest BCUT2D eigenvalue weighted by molar-refractivity contribution is -0.115. The number of nitrogens with one attached hydrogen (secondary N) is 1. The molecule has 0 radical (unpaired) electrons. The Hall–Kier alpha value is -3.20. The monoisotopic (exact) mass is 415 g/mol. The van der Waals surface area contributed by atoms with E-state index in [9.17, 15) is 22.8 Å². The first-order valence-corrected chi connectivity index (χ1v) is 10.5. The van der Waals surface area contributed by atoms with Gasteiger partial charge in [0.1, 0.15) is 0 Å². The fourth-order valence-electron chi connectivity index (χ4n) is 3.05. The van der Waals surface area contributed by atoms with E-state index in [0.29, 0.717) is 16.7 Å². The van der Waals surface area contributed by atoms with Crippen molar-refractivity contribution in [3.63, 3.8) is 0 Å². The largest absolute Gasteiger partial charge is 0.326 e. The minimum absolute atomic E-state index is 0.0120. The highest BCUT2D eigenvalue weighted by Crippen LogP contribution is 2.19. The molecule has 0 aliphatic rings. The second-order valence-electron chi connectivity index (χ2n) is 6.87. The molecule has 0 unspecified atom stereocenters. The van der Waals surface area contributed by atoms with E-state index in [0.717, 1.165) is 10.1 Å². The summed E-state index contributed by atoms with van der Waals surface area (Å²) in [6.07, 6.45) is -0.208. The van der Waals surface area contributed by atoms with E-state index in [1.54, 1.807) is 18.2 Å². The second kappa shape index (κ2) is 7.67. The Morgan fingerprint density at radius 1 is 0.966 bits per heavy atom. The van der Waals surface area contributed by atoms with Crippen LogP contribution in [-0.2, 0) is 28.7 Å². The van der Waals surface area contributed by atoms with Gasteiger partial charge >= 0.3 is 11.1 Å². The zero-order valence-corrected chi connectivity index (χ0v) is 17.1. The summed E-state index contributed by atoms with van der Waals surface area (Å²) in [6.45, 7) is 1.89. The third-order valence-corrected chi connectivity index (χ3v) is 6.43. The molecule has 1 amide bonds. The van der Waals surface area contributed by atoms with Gasteiger partial charge in [-0.25, -0.2) is 8.42 Å². The summed E-state index contributed by atoms with van der Waals surface area (Å²) >= 11 is 0. The molecule has 0 atom stereocenters. The molecule has 29 heavy (non-hydrogen) atoms. The molecular weight excluding hydrogens is 394 g/mol. The van der Waals surface area contributed by atoms with Crippen molar-refractivity contribution in [2.24, 2.45) is 14.1 Å². The number of hydrogen-bond acceptors (Lipinski definition) is 5. The maximum absolute atomic E-state index is 12.7. The number of aromatic nitrogens is 2. The van der Waals surface area contributed by atoms with Gasteiger partial charge in [-0.3, -0.25) is 14.4 Å². The van der Waals surface area contributed by atoms with Crippen LogP contribution in [0.2, 0.25) is 0 Å². The van der Waals surface area contributed by atoms with Gasteiger partial charge in [-0.2, -0.15) is 0 Å². The third kappa shape index (κ3) is 4.14. The number of rotatable bonds is 5. The van der Waals surface area contributed by atoms with Gasteiger partial charge in [0.05, 0.1) is 21.7 Å². The van der Waals surface area contributed by atoms with Crippen LogP contribution in [0, 0.1) is 6.92 Å². The Balaban J connectivity index is 1.84. The quantitative estimate of drug-likeness (QED) is 0.633. The van der Waals surface area contributed by atoms with E-state index in [4.69, 9.17) is 0 Å². The van der Waals surface area contributed by atoms with E-state index in [-0.39, 0.29) is 17.1 Å². The first kappa shape index (κ1) is 20.5. The number of hydrogen-bond donors (Lipinski definition) is 1. The van der Waals surface area contributed by atoms with Gasteiger partial charge in [0.25, 0.3) is 0 Å². The number of carbonyl (C=O) groups excluding carboxylic acids is 1. The van der Waals surface area contributed by atoms with Gasteiger partial charge in [-0.15, -0.1) is 0 Å². The number of carbonyl (C=O) groups is 1. The van der Waals surface area contributed by atoms with Crippen molar-refractivity contribution >= 4 is 32.5 Å². The maximum atomic E-state index is 12.7. The van der Waals surface area contributed by atoms with Crippen LogP contribution >= 0.6 is 0 Å². The van der Waals surface area contributed by atoms with Crippen molar-refractivity contribution in [3.8, 4) is 0 Å². The number of fused-ring (bicyclic) bond motifs is 1. The van der Waals surface area contributed by atoms with E-state index in [1.165, 1.54) is 36.9 Å². The van der Waals surface area contributed by atoms with Crippen LogP contribution in [0.15, 0.2) is 56.9 Å². The topological polar surface area (TPSA) is 107 Å². The molecule has 0 aliphatic heterocycles. The van der Waals surface area contributed by atoms with Crippen LogP contribution < -0.4 is 16.4 Å². The smallest absolute Gasteiger partial charge is 0.316 e. The summed E-state index contributed by atoms with van der Waals surface area (Å²) in [5, 5.41) is 2.68. The van der Waals surface area contributed by atoms with E-state index in [2.05, 4.69) is 5.32 Å². The third-order valence-electron chi connectivity index (χ3n) is 4.72. The van der Waals surface area contributed by atoms with E-state index >= 15 is 0 Å². The minimum Gasteiger partial charge on any atom is -0.326 e. The predicted octanol–water partition coefficient (Wildman–Crippen LogP) is 1.35. The molecule has 1 N–H and O–H groups in total. The van der Waals surface area contributed by atoms with Crippen molar-refractivity contribution in [3.05, 3.63) is 68.7 Å². The highest BCUT2D eigenvalue weighted by molar-refractivity contribution is 7.91. The second-order valence-corrected chi connectivity index (χ2v) is 8.97. The zero-order valence-electron chi connectivity index (χ0n) is 16.3. The first-order valence-electron chi connectivity index (χ1n) is 8.89. The highest BCUT2D eigenvalue weighted by atomic mass is 32.2. The minimum atomic E-state index is -3.76.